The van der Waals surface area contributed by atoms with Crippen LogP contribution in [0.15, 0.2) is 36.4 Å². The number of carbonyl (C=O) groups is 1. The summed E-state index contributed by atoms with van der Waals surface area (Å²) >= 11 is 5.94. The first-order valence-electron chi connectivity index (χ1n) is 7.45. The molecule has 1 amide bonds. The highest BCUT2D eigenvalue weighted by Crippen LogP contribution is 2.41. The molecule has 1 N–H and O–H groups in total. The molecule has 3 rings (SSSR count). The molecule has 1 fully saturated rings. The van der Waals surface area contributed by atoms with Crippen LogP contribution in [0.4, 0.5) is 0 Å². The highest BCUT2D eigenvalue weighted by atomic mass is 35.5. The largest absolute Gasteiger partial charge is 0.349 e. The molecule has 0 heterocycles. The van der Waals surface area contributed by atoms with Crippen LogP contribution >= 0.6 is 11.6 Å². The summed E-state index contributed by atoms with van der Waals surface area (Å²) in [7, 11) is 0. The normalized spacial score (nSPS) is 23.4. The van der Waals surface area contributed by atoms with Gasteiger partial charge in [0, 0.05) is 10.9 Å². The van der Waals surface area contributed by atoms with Crippen molar-refractivity contribution in [2.45, 2.75) is 38.1 Å². The van der Waals surface area contributed by atoms with Crippen LogP contribution in [0.5, 0.6) is 0 Å². The molecule has 0 aromatic heterocycles. The fraction of sp³-hybridized carbons (Fsp3) is 0.471. The number of halogens is 1. The van der Waals surface area contributed by atoms with Crippen molar-refractivity contribution in [1.29, 1.82) is 0 Å². The minimum absolute atomic E-state index is 0.147. The highest BCUT2D eigenvalue weighted by Gasteiger charge is 2.34. The SMILES string of the molecule is O=C(NC(c1ccc(Cl)cc1)C1CC1)C1CC=CCC1. The number of carbonyl (C=O) groups excluding carboxylic acids is 1. The van der Waals surface area contributed by atoms with E-state index in [9.17, 15) is 4.79 Å². The maximum absolute atomic E-state index is 12.4. The van der Waals surface area contributed by atoms with E-state index in [0.717, 1.165) is 24.3 Å². The predicted molar refractivity (Wildman–Crippen MR) is 81.5 cm³/mol. The zero-order chi connectivity index (χ0) is 13.9. The average molecular weight is 290 g/mol. The predicted octanol–water partition coefficient (Wildman–Crippen LogP) is 4.26. The Hall–Kier alpha value is -1.28. The molecule has 2 aliphatic carbocycles. The zero-order valence-electron chi connectivity index (χ0n) is 11.5. The Labute approximate surface area is 125 Å². The van der Waals surface area contributed by atoms with Gasteiger partial charge in [-0.15, -0.1) is 0 Å². The van der Waals surface area contributed by atoms with Crippen molar-refractivity contribution in [2.75, 3.05) is 0 Å². The molecule has 1 aromatic carbocycles. The van der Waals surface area contributed by atoms with Gasteiger partial charge in [-0.1, -0.05) is 35.9 Å². The second-order valence-electron chi connectivity index (χ2n) is 5.86. The Kier molecular flexibility index (Phi) is 4.11. The van der Waals surface area contributed by atoms with Crippen molar-refractivity contribution in [1.82, 2.24) is 5.32 Å². The third kappa shape index (κ3) is 3.24. The molecule has 0 aliphatic heterocycles. The van der Waals surface area contributed by atoms with E-state index in [1.165, 1.54) is 18.4 Å². The van der Waals surface area contributed by atoms with Gasteiger partial charge in [0.15, 0.2) is 0 Å². The zero-order valence-corrected chi connectivity index (χ0v) is 12.3. The lowest BCUT2D eigenvalue weighted by atomic mass is 9.92. The van der Waals surface area contributed by atoms with Crippen molar-refractivity contribution in [3.8, 4) is 0 Å². The molecule has 0 saturated heterocycles. The summed E-state index contributed by atoms with van der Waals surface area (Å²) < 4.78 is 0. The molecule has 2 aliphatic rings. The molecule has 0 bridgehead atoms. The van der Waals surface area contributed by atoms with Gasteiger partial charge in [0.1, 0.15) is 0 Å². The van der Waals surface area contributed by atoms with Gasteiger partial charge in [0.2, 0.25) is 5.91 Å². The van der Waals surface area contributed by atoms with Gasteiger partial charge < -0.3 is 5.32 Å². The van der Waals surface area contributed by atoms with Crippen molar-refractivity contribution in [3.05, 3.63) is 47.0 Å². The second-order valence-corrected chi connectivity index (χ2v) is 6.29. The molecule has 0 radical (unpaired) electrons. The molecule has 20 heavy (non-hydrogen) atoms. The standard InChI is InChI=1S/C17H20ClNO/c18-15-10-8-13(9-11-15)16(12-6-7-12)19-17(20)14-4-2-1-3-5-14/h1-2,8-12,14,16H,3-7H2,(H,19,20). The summed E-state index contributed by atoms with van der Waals surface area (Å²) in [6, 6.07) is 8.04. The Balaban J connectivity index is 1.69. The lowest BCUT2D eigenvalue weighted by molar-refractivity contribution is -0.126. The average Bonchev–Trinajstić information content (AvgIpc) is 3.31. The van der Waals surface area contributed by atoms with Crippen molar-refractivity contribution < 1.29 is 4.79 Å². The quantitative estimate of drug-likeness (QED) is 0.824. The molecule has 1 aromatic rings. The van der Waals surface area contributed by atoms with E-state index >= 15 is 0 Å². The van der Waals surface area contributed by atoms with Crippen molar-refractivity contribution in [2.24, 2.45) is 11.8 Å². The summed E-state index contributed by atoms with van der Waals surface area (Å²) in [5.41, 5.74) is 1.18. The van der Waals surface area contributed by atoms with Crippen LogP contribution in [0.2, 0.25) is 5.02 Å². The smallest absolute Gasteiger partial charge is 0.223 e. The third-order valence-electron chi connectivity index (χ3n) is 4.26. The van der Waals surface area contributed by atoms with Crippen LogP contribution in [0.25, 0.3) is 0 Å². The maximum atomic E-state index is 12.4. The van der Waals surface area contributed by atoms with E-state index in [0.29, 0.717) is 5.92 Å². The van der Waals surface area contributed by atoms with Gasteiger partial charge >= 0.3 is 0 Å². The topological polar surface area (TPSA) is 29.1 Å². The Morgan fingerprint density at radius 2 is 1.90 bits per heavy atom. The van der Waals surface area contributed by atoms with Gasteiger partial charge in [0.05, 0.1) is 6.04 Å². The number of hydrogen-bond donors (Lipinski definition) is 1. The number of allylic oxidation sites excluding steroid dienone is 2. The lowest BCUT2D eigenvalue weighted by Crippen LogP contribution is -2.35. The molecule has 2 unspecified atom stereocenters. The highest BCUT2D eigenvalue weighted by molar-refractivity contribution is 6.30. The summed E-state index contributed by atoms with van der Waals surface area (Å²) in [5.74, 6) is 0.953. The minimum atomic E-state index is 0.147. The van der Waals surface area contributed by atoms with Gasteiger partial charge in [-0.25, -0.2) is 0 Å². The Morgan fingerprint density at radius 1 is 1.15 bits per heavy atom. The molecule has 1 saturated carbocycles. The number of rotatable bonds is 4. The summed E-state index contributed by atoms with van der Waals surface area (Å²) in [6.45, 7) is 0. The molecule has 106 valence electrons. The third-order valence-corrected chi connectivity index (χ3v) is 4.51. The monoisotopic (exact) mass is 289 g/mol. The minimum Gasteiger partial charge on any atom is -0.349 e. The first-order chi connectivity index (χ1) is 9.74. The Bertz CT molecular complexity index is 504. The first-order valence-corrected chi connectivity index (χ1v) is 7.82. The molecule has 3 heteroatoms. The molecular formula is C17H20ClNO. The van der Waals surface area contributed by atoms with Gasteiger partial charge in [-0.3, -0.25) is 4.79 Å². The summed E-state index contributed by atoms with van der Waals surface area (Å²) in [4.78, 5) is 12.4. The number of nitrogens with one attached hydrogen (secondary N) is 1. The van der Waals surface area contributed by atoms with Crippen LogP contribution in [-0.2, 0) is 4.79 Å². The van der Waals surface area contributed by atoms with E-state index in [1.807, 2.05) is 24.3 Å². The maximum Gasteiger partial charge on any atom is 0.223 e. The number of benzene rings is 1. The van der Waals surface area contributed by atoms with Gasteiger partial charge in [-0.2, -0.15) is 0 Å². The summed E-state index contributed by atoms with van der Waals surface area (Å²) in [5, 5.41) is 4.01. The van der Waals surface area contributed by atoms with E-state index in [1.54, 1.807) is 0 Å². The van der Waals surface area contributed by atoms with Crippen LogP contribution < -0.4 is 5.32 Å². The van der Waals surface area contributed by atoms with Crippen LogP contribution in [-0.4, -0.2) is 5.91 Å². The molecule has 2 atom stereocenters. The lowest BCUT2D eigenvalue weighted by Gasteiger charge is -2.23. The number of hydrogen-bond acceptors (Lipinski definition) is 1. The Morgan fingerprint density at radius 3 is 2.50 bits per heavy atom. The molecule has 0 spiro atoms. The van der Waals surface area contributed by atoms with E-state index in [-0.39, 0.29) is 17.9 Å². The van der Waals surface area contributed by atoms with Crippen LogP contribution in [0.3, 0.4) is 0 Å². The first kappa shape index (κ1) is 13.7. The fourth-order valence-corrected chi connectivity index (χ4v) is 3.00. The van der Waals surface area contributed by atoms with Crippen LogP contribution in [0.1, 0.15) is 43.7 Å². The molecule has 2 nitrogen and oxygen atoms in total. The summed E-state index contributed by atoms with van der Waals surface area (Å²) in [6.07, 6.45) is 9.58. The van der Waals surface area contributed by atoms with Gasteiger partial charge in [-0.05, 0) is 55.7 Å². The number of amides is 1. The fourth-order valence-electron chi connectivity index (χ4n) is 2.88. The van der Waals surface area contributed by atoms with Crippen LogP contribution in [0, 0.1) is 11.8 Å². The second kappa shape index (κ2) is 6.01. The van der Waals surface area contributed by atoms with E-state index in [4.69, 9.17) is 11.6 Å². The molecular weight excluding hydrogens is 270 g/mol. The van der Waals surface area contributed by atoms with Crippen molar-refractivity contribution >= 4 is 17.5 Å². The van der Waals surface area contributed by atoms with E-state index in [2.05, 4.69) is 17.5 Å². The van der Waals surface area contributed by atoms with E-state index < -0.39 is 0 Å². The van der Waals surface area contributed by atoms with Gasteiger partial charge in [0.25, 0.3) is 0 Å². The van der Waals surface area contributed by atoms with Crippen molar-refractivity contribution in [3.63, 3.8) is 0 Å².